The van der Waals surface area contributed by atoms with Gasteiger partial charge in [-0.1, -0.05) is 48.0 Å². The van der Waals surface area contributed by atoms with Gasteiger partial charge in [0.2, 0.25) is 12.2 Å². The number of hydrogen-bond acceptors (Lipinski definition) is 5. The molecule has 0 amide bonds. The number of aromatic amines is 1. The number of imidazole rings is 1. The first kappa shape index (κ1) is 18.7. The minimum absolute atomic E-state index is 0.750. The highest BCUT2D eigenvalue weighted by atomic mass is 16.1. The van der Waals surface area contributed by atoms with E-state index in [-0.39, 0.29) is 0 Å². The van der Waals surface area contributed by atoms with E-state index in [0.717, 1.165) is 23.2 Å². The Hall–Kier alpha value is -3.33. The number of nitrogens with one attached hydrogen (secondary N) is 3. The molecule has 22 heavy (non-hydrogen) atoms. The average molecular weight is 296 g/mol. The Morgan fingerprint density at radius 2 is 1.41 bits per heavy atom. The Labute approximate surface area is 127 Å². The lowest BCUT2D eigenvalue weighted by Crippen LogP contribution is -1.63. The van der Waals surface area contributed by atoms with Crippen LogP contribution >= 0.6 is 0 Å². The fraction of sp³-hybridized carbons (Fsp3) is 0.0625. The van der Waals surface area contributed by atoms with Crippen molar-refractivity contribution in [2.45, 2.75) is 6.92 Å². The summed E-state index contributed by atoms with van der Waals surface area (Å²) in [7, 11) is 0. The monoisotopic (exact) mass is 296 g/mol. The van der Waals surface area contributed by atoms with Crippen LogP contribution in [-0.4, -0.2) is 22.1 Å². The molecule has 0 aliphatic heterocycles. The van der Waals surface area contributed by atoms with E-state index >= 15 is 0 Å². The van der Waals surface area contributed by atoms with Crippen LogP contribution in [0.25, 0.3) is 11.0 Å². The Kier molecular flexibility index (Phi) is 10.8. The van der Waals surface area contributed by atoms with E-state index in [1.807, 2.05) is 42.5 Å². The smallest absolute Gasteiger partial charge is 0.231 e. The zero-order valence-electron chi connectivity index (χ0n) is 12.0. The Bertz CT molecular complexity index is 669. The summed E-state index contributed by atoms with van der Waals surface area (Å²) >= 11 is 0. The number of aryl methyl sites for hydroxylation is 1. The normalized spacial score (nSPS) is 7.68. The second-order valence-electron chi connectivity index (χ2n) is 3.78. The highest BCUT2D eigenvalue weighted by molar-refractivity contribution is 5.73. The van der Waals surface area contributed by atoms with Crippen molar-refractivity contribution >= 4 is 23.2 Å². The van der Waals surface area contributed by atoms with Gasteiger partial charge in [0.1, 0.15) is 0 Å². The molecule has 0 fully saturated rings. The minimum Gasteiger partial charge on any atom is -0.345 e. The molecule has 0 aliphatic rings. The molecule has 1 aromatic heterocycles. The second kappa shape index (κ2) is 12.7. The fourth-order valence-corrected chi connectivity index (χ4v) is 1.41. The first-order valence-corrected chi connectivity index (χ1v) is 6.17. The maximum atomic E-state index is 8.35. The zero-order chi connectivity index (χ0) is 16.6. The van der Waals surface area contributed by atoms with E-state index in [2.05, 4.69) is 29.0 Å². The molecular formula is C16H16N4O2. The molecule has 112 valence electrons. The SMILES string of the molecule is Cc1ccccc1.N=C=O.N=C=O.c1ccc2[nH]cnc2c1. The molecule has 3 N–H and O–H groups in total. The molecule has 1 heterocycles. The standard InChI is InChI=1S/C7H6N2.C7H8.2CHNO/c1-2-4-7-6(3-1)8-5-9-7;1-7-5-3-2-4-6-7;2*2-1-3/h1-5H,(H,8,9);2-6H,1H3;2*2H. The highest BCUT2D eigenvalue weighted by Gasteiger charge is 1.88. The summed E-state index contributed by atoms with van der Waals surface area (Å²) in [6.45, 7) is 2.08. The van der Waals surface area contributed by atoms with Crippen LogP contribution in [0.4, 0.5) is 0 Å². The van der Waals surface area contributed by atoms with Gasteiger partial charge in [0.25, 0.3) is 0 Å². The molecule has 3 aromatic rings. The van der Waals surface area contributed by atoms with Crippen molar-refractivity contribution in [1.82, 2.24) is 9.97 Å². The largest absolute Gasteiger partial charge is 0.345 e. The number of isocyanates is 2. The van der Waals surface area contributed by atoms with Gasteiger partial charge < -0.3 is 4.98 Å². The van der Waals surface area contributed by atoms with Gasteiger partial charge in [0, 0.05) is 0 Å². The van der Waals surface area contributed by atoms with E-state index < -0.39 is 0 Å². The van der Waals surface area contributed by atoms with Gasteiger partial charge in [-0.15, -0.1) is 0 Å². The van der Waals surface area contributed by atoms with Gasteiger partial charge in [-0.05, 0) is 19.1 Å². The van der Waals surface area contributed by atoms with Crippen molar-refractivity contribution < 1.29 is 9.59 Å². The number of nitrogens with zero attached hydrogens (tertiary/aromatic N) is 1. The molecule has 0 spiro atoms. The molecule has 0 saturated carbocycles. The number of H-pyrrole nitrogens is 1. The molecule has 3 rings (SSSR count). The summed E-state index contributed by atoms with van der Waals surface area (Å²) in [5.41, 5.74) is 3.44. The van der Waals surface area contributed by atoms with Gasteiger partial charge in [-0.3, -0.25) is 0 Å². The maximum Gasteiger partial charge on any atom is 0.231 e. The summed E-state index contributed by atoms with van der Waals surface area (Å²) in [6, 6.07) is 18.2. The summed E-state index contributed by atoms with van der Waals surface area (Å²) in [5.74, 6) is 0. The molecule has 0 unspecified atom stereocenters. The van der Waals surface area contributed by atoms with Crippen LogP contribution < -0.4 is 0 Å². The Morgan fingerprint density at radius 1 is 0.909 bits per heavy atom. The van der Waals surface area contributed by atoms with Gasteiger partial charge in [0.05, 0.1) is 17.4 Å². The third-order valence-corrected chi connectivity index (χ3v) is 2.27. The number of hydrogen-bond donors (Lipinski definition) is 3. The van der Waals surface area contributed by atoms with Crippen molar-refractivity contribution in [1.29, 1.82) is 10.8 Å². The Morgan fingerprint density at radius 3 is 1.86 bits per heavy atom. The number of carbonyl (C=O) groups excluding carboxylic acids is 2. The highest BCUT2D eigenvalue weighted by Crippen LogP contribution is 2.05. The number of aromatic nitrogens is 2. The van der Waals surface area contributed by atoms with Crippen LogP contribution in [0.5, 0.6) is 0 Å². The predicted molar refractivity (Wildman–Crippen MR) is 84.1 cm³/mol. The van der Waals surface area contributed by atoms with E-state index in [9.17, 15) is 0 Å². The summed E-state index contributed by atoms with van der Waals surface area (Å²) in [4.78, 5) is 23.8. The third kappa shape index (κ3) is 8.72. The van der Waals surface area contributed by atoms with Gasteiger partial charge in [0.15, 0.2) is 0 Å². The van der Waals surface area contributed by atoms with Crippen molar-refractivity contribution in [3.63, 3.8) is 0 Å². The van der Waals surface area contributed by atoms with E-state index in [1.54, 1.807) is 6.33 Å². The van der Waals surface area contributed by atoms with E-state index in [4.69, 9.17) is 20.4 Å². The van der Waals surface area contributed by atoms with Crippen molar-refractivity contribution in [3.05, 3.63) is 66.5 Å². The summed E-state index contributed by atoms with van der Waals surface area (Å²) in [6.07, 6.45) is 3.20. The van der Waals surface area contributed by atoms with Crippen LogP contribution in [0.3, 0.4) is 0 Å². The fourth-order valence-electron chi connectivity index (χ4n) is 1.41. The zero-order valence-corrected chi connectivity index (χ0v) is 12.0. The third-order valence-electron chi connectivity index (χ3n) is 2.27. The lowest BCUT2D eigenvalue weighted by atomic mass is 10.2. The lowest BCUT2D eigenvalue weighted by molar-refractivity contribution is 0.562. The summed E-state index contributed by atoms with van der Waals surface area (Å²) < 4.78 is 0. The van der Waals surface area contributed by atoms with Gasteiger partial charge >= 0.3 is 0 Å². The van der Waals surface area contributed by atoms with Gasteiger partial charge in [-0.2, -0.15) is 0 Å². The van der Waals surface area contributed by atoms with Crippen LogP contribution in [-0.2, 0) is 9.59 Å². The first-order valence-electron chi connectivity index (χ1n) is 6.17. The molecule has 6 nitrogen and oxygen atoms in total. The molecule has 2 aromatic carbocycles. The molecule has 0 aliphatic carbocycles. The van der Waals surface area contributed by atoms with Crippen molar-refractivity contribution in [2.75, 3.05) is 0 Å². The number of benzene rings is 2. The van der Waals surface area contributed by atoms with E-state index in [1.165, 1.54) is 5.56 Å². The number of para-hydroxylation sites is 2. The lowest BCUT2D eigenvalue weighted by Gasteiger charge is -1.82. The van der Waals surface area contributed by atoms with Crippen molar-refractivity contribution in [2.24, 2.45) is 0 Å². The first-order chi connectivity index (χ1) is 10.7. The number of rotatable bonds is 0. The second-order valence-corrected chi connectivity index (χ2v) is 3.78. The maximum absolute atomic E-state index is 8.35. The summed E-state index contributed by atoms with van der Waals surface area (Å²) in [5, 5.41) is 10.8. The quantitative estimate of drug-likeness (QED) is 0.437. The topological polar surface area (TPSA) is 111 Å². The Balaban J connectivity index is 0.000000304. The molecule has 0 bridgehead atoms. The van der Waals surface area contributed by atoms with Crippen molar-refractivity contribution in [3.8, 4) is 0 Å². The van der Waals surface area contributed by atoms with Crippen LogP contribution in [0, 0.1) is 17.7 Å². The molecule has 0 radical (unpaired) electrons. The van der Waals surface area contributed by atoms with Crippen LogP contribution in [0.1, 0.15) is 5.56 Å². The van der Waals surface area contributed by atoms with Crippen LogP contribution in [0.15, 0.2) is 60.9 Å². The molecule has 6 heteroatoms. The van der Waals surface area contributed by atoms with Gasteiger partial charge in [-0.25, -0.2) is 25.4 Å². The van der Waals surface area contributed by atoms with Crippen LogP contribution in [0.2, 0.25) is 0 Å². The minimum atomic E-state index is 0.750. The molecule has 0 saturated heterocycles. The number of fused-ring (bicyclic) bond motifs is 1. The average Bonchev–Trinajstić information content (AvgIpc) is 2.99. The van der Waals surface area contributed by atoms with E-state index in [0.29, 0.717) is 0 Å². The molecular weight excluding hydrogens is 280 g/mol. The predicted octanol–water partition coefficient (Wildman–Crippen LogP) is 3.36. The molecule has 0 atom stereocenters.